The molecule has 22 heavy (non-hydrogen) atoms. The van der Waals surface area contributed by atoms with Crippen LogP contribution in [0.3, 0.4) is 0 Å². The Kier molecular flexibility index (Phi) is 3.62. The average Bonchev–Trinajstić information content (AvgIpc) is 2.56. The van der Waals surface area contributed by atoms with Gasteiger partial charge < -0.3 is 10.2 Å². The van der Waals surface area contributed by atoms with E-state index in [-0.39, 0.29) is 11.3 Å². The summed E-state index contributed by atoms with van der Waals surface area (Å²) >= 11 is 0. The Hall–Kier alpha value is -3.07. The Morgan fingerprint density at radius 2 is 1.23 bits per heavy atom. The maximum Gasteiger partial charge on any atom is 0.336 e. The number of carboxylic acids is 1. The molecule has 0 aliphatic rings. The molecule has 108 valence electrons. The van der Waals surface area contributed by atoms with E-state index in [1.54, 1.807) is 0 Å². The fraction of sp³-hybridized carbons (Fsp3) is 0. The second-order valence-electron chi connectivity index (χ2n) is 4.90. The highest BCUT2D eigenvalue weighted by Gasteiger charge is 2.17. The molecule has 0 radical (unpaired) electrons. The molecule has 3 rings (SSSR count). The lowest BCUT2D eigenvalue weighted by Gasteiger charge is -2.20. The van der Waals surface area contributed by atoms with Gasteiger partial charge in [-0.05, 0) is 22.8 Å². The van der Waals surface area contributed by atoms with Gasteiger partial charge in [0.2, 0.25) is 0 Å². The van der Waals surface area contributed by atoms with Crippen LogP contribution < -0.4 is 5.11 Å². The Bertz CT molecular complexity index is 809. The Labute approximate surface area is 128 Å². The summed E-state index contributed by atoms with van der Waals surface area (Å²) in [5, 5.41) is 21.9. The van der Waals surface area contributed by atoms with Gasteiger partial charge in [0, 0.05) is 5.56 Å². The highest BCUT2D eigenvalue weighted by molar-refractivity contribution is 6.02. The van der Waals surface area contributed by atoms with Crippen LogP contribution in [-0.2, 0) is 0 Å². The highest BCUT2D eigenvalue weighted by Crippen LogP contribution is 2.39. The van der Waals surface area contributed by atoms with Gasteiger partial charge in [-0.25, -0.2) is 4.79 Å². The van der Waals surface area contributed by atoms with Gasteiger partial charge in [0.05, 0.1) is 5.56 Å². The Morgan fingerprint density at radius 1 is 0.727 bits per heavy atom. The van der Waals surface area contributed by atoms with Crippen LogP contribution in [0.5, 0.6) is 5.75 Å². The summed E-state index contributed by atoms with van der Waals surface area (Å²) < 4.78 is 0. The van der Waals surface area contributed by atoms with Crippen molar-refractivity contribution in [1.29, 1.82) is 0 Å². The largest absolute Gasteiger partial charge is 0.872 e. The number of aromatic carboxylic acids is 1. The first-order valence-electron chi connectivity index (χ1n) is 6.86. The molecular weight excluding hydrogens is 276 g/mol. The van der Waals surface area contributed by atoms with Crippen molar-refractivity contribution in [3.05, 3.63) is 78.4 Å². The summed E-state index contributed by atoms with van der Waals surface area (Å²) in [6.07, 6.45) is 0. The molecule has 0 aromatic heterocycles. The van der Waals surface area contributed by atoms with Crippen molar-refractivity contribution < 1.29 is 15.0 Å². The number of hydrogen-bond donors (Lipinski definition) is 1. The molecule has 3 aromatic rings. The maximum absolute atomic E-state index is 12.4. The van der Waals surface area contributed by atoms with E-state index < -0.39 is 5.97 Å². The smallest absolute Gasteiger partial charge is 0.336 e. The molecule has 0 spiro atoms. The van der Waals surface area contributed by atoms with Crippen LogP contribution in [0, 0.1) is 0 Å². The Balaban J connectivity index is 2.38. The van der Waals surface area contributed by atoms with E-state index in [4.69, 9.17) is 0 Å². The van der Waals surface area contributed by atoms with Crippen LogP contribution in [-0.4, -0.2) is 11.1 Å². The third kappa shape index (κ3) is 2.44. The van der Waals surface area contributed by atoms with Crippen molar-refractivity contribution in [2.24, 2.45) is 0 Å². The summed E-state index contributed by atoms with van der Waals surface area (Å²) in [6.45, 7) is 0. The second-order valence-corrected chi connectivity index (χ2v) is 4.90. The van der Waals surface area contributed by atoms with E-state index in [9.17, 15) is 15.0 Å². The summed E-state index contributed by atoms with van der Waals surface area (Å²) in [5.74, 6) is -1.23. The van der Waals surface area contributed by atoms with Crippen LogP contribution >= 0.6 is 0 Å². The van der Waals surface area contributed by atoms with Crippen LogP contribution in [0.15, 0.2) is 72.8 Å². The number of rotatable bonds is 3. The zero-order valence-corrected chi connectivity index (χ0v) is 11.7. The average molecular weight is 289 g/mol. The molecule has 3 heteroatoms. The van der Waals surface area contributed by atoms with Gasteiger partial charge in [-0.15, -0.1) is 5.75 Å². The first kappa shape index (κ1) is 13.9. The normalized spacial score (nSPS) is 10.4. The summed E-state index contributed by atoms with van der Waals surface area (Å²) in [7, 11) is 0. The van der Waals surface area contributed by atoms with E-state index in [2.05, 4.69) is 0 Å². The van der Waals surface area contributed by atoms with Crippen molar-refractivity contribution in [1.82, 2.24) is 0 Å². The molecular formula is C19H13O3-. The Morgan fingerprint density at radius 3 is 1.73 bits per heavy atom. The maximum atomic E-state index is 12.4. The van der Waals surface area contributed by atoms with Crippen molar-refractivity contribution in [3.8, 4) is 28.0 Å². The first-order valence-corrected chi connectivity index (χ1v) is 6.86. The molecule has 0 heterocycles. The minimum Gasteiger partial charge on any atom is -0.872 e. The predicted octanol–water partition coefficient (Wildman–Crippen LogP) is 3.79. The monoisotopic (exact) mass is 289 g/mol. The molecule has 0 fully saturated rings. The van der Waals surface area contributed by atoms with Gasteiger partial charge in [-0.2, -0.15) is 0 Å². The summed E-state index contributed by atoms with van der Waals surface area (Å²) in [5.41, 5.74) is 2.45. The molecule has 0 aliphatic carbocycles. The molecule has 0 saturated carbocycles. The number of benzene rings is 3. The van der Waals surface area contributed by atoms with Crippen LogP contribution in [0.4, 0.5) is 0 Å². The van der Waals surface area contributed by atoms with E-state index in [0.29, 0.717) is 11.1 Å². The van der Waals surface area contributed by atoms with Gasteiger partial charge in [0.15, 0.2) is 0 Å². The first-order chi connectivity index (χ1) is 10.7. The van der Waals surface area contributed by atoms with Gasteiger partial charge in [0.25, 0.3) is 0 Å². The minimum absolute atomic E-state index is 0.129. The van der Waals surface area contributed by atoms with Crippen LogP contribution in [0.2, 0.25) is 0 Å². The van der Waals surface area contributed by atoms with Gasteiger partial charge in [-0.3, -0.25) is 0 Å². The summed E-state index contributed by atoms with van der Waals surface area (Å²) in [4.78, 5) is 11.6. The molecule has 0 aliphatic heterocycles. The lowest BCUT2D eigenvalue weighted by Crippen LogP contribution is -2.04. The van der Waals surface area contributed by atoms with Gasteiger partial charge in [-0.1, -0.05) is 66.7 Å². The zero-order valence-electron chi connectivity index (χ0n) is 11.7. The van der Waals surface area contributed by atoms with Gasteiger partial charge >= 0.3 is 5.97 Å². The molecule has 3 aromatic carbocycles. The van der Waals surface area contributed by atoms with E-state index in [1.807, 2.05) is 60.7 Å². The quantitative estimate of drug-likeness (QED) is 0.798. The van der Waals surface area contributed by atoms with Crippen molar-refractivity contribution in [3.63, 3.8) is 0 Å². The van der Waals surface area contributed by atoms with Gasteiger partial charge in [0.1, 0.15) is 0 Å². The van der Waals surface area contributed by atoms with E-state index >= 15 is 0 Å². The molecule has 3 nitrogen and oxygen atoms in total. The fourth-order valence-corrected chi connectivity index (χ4v) is 2.56. The zero-order chi connectivity index (χ0) is 15.5. The van der Waals surface area contributed by atoms with E-state index in [0.717, 1.165) is 11.1 Å². The lowest BCUT2D eigenvalue weighted by atomic mass is 9.89. The van der Waals surface area contributed by atoms with Crippen LogP contribution in [0.25, 0.3) is 22.3 Å². The van der Waals surface area contributed by atoms with Crippen molar-refractivity contribution >= 4 is 5.97 Å². The molecule has 0 bridgehead atoms. The van der Waals surface area contributed by atoms with Crippen molar-refractivity contribution in [2.75, 3.05) is 0 Å². The number of carbonyl (C=O) groups is 1. The molecule has 0 atom stereocenters. The molecule has 0 unspecified atom stereocenters. The highest BCUT2D eigenvalue weighted by atomic mass is 16.4. The third-order valence-electron chi connectivity index (χ3n) is 3.52. The van der Waals surface area contributed by atoms with E-state index in [1.165, 1.54) is 12.1 Å². The standard InChI is InChI=1S/C19H14O3/c20-16-12-11-15(19(21)22)17(13-7-3-1-4-8-13)18(16)14-9-5-2-6-10-14/h1-12,20H,(H,21,22)/p-1. The fourth-order valence-electron chi connectivity index (χ4n) is 2.56. The predicted molar refractivity (Wildman–Crippen MR) is 83.7 cm³/mol. The topological polar surface area (TPSA) is 60.4 Å². The number of hydrogen-bond acceptors (Lipinski definition) is 2. The van der Waals surface area contributed by atoms with Crippen molar-refractivity contribution in [2.45, 2.75) is 0 Å². The molecule has 0 amide bonds. The van der Waals surface area contributed by atoms with Crippen LogP contribution in [0.1, 0.15) is 10.4 Å². The molecule has 0 saturated heterocycles. The minimum atomic E-state index is -1.05. The second kappa shape index (κ2) is 5.74. The number of carboxylic acid groups (broad SMARTS) is 1. The summed E-state index contributed by atoms with van der Waals surface area (Å²) in [6, 6.07) is 21.0. The molecule has 1 N–H and O–H groups in total. The lowest BCUT2D eigenvalue weighted by molar-refractivity contribution is -0.267. The SMILES string of the molecule is O=C(O)c1ccc([O-])c(-c2ccccc2)c1-c1ccccc1. The third-order valence-corrected chi connectivity index (χ3v) is 3.52.